The number of anilines is 2. The van der Waals surface area contributed by atoms with Crippen LogP contribution in [0.4, 0.5) is 11.8 Å². The van der Waals surface area contributed by atoms with Crippen molar-refractivity contribution in [2.24, 2.45) is 0 Å². The van der Waals surface area contributed by atoms with Gasteiger partial charge in [-0.15, -0.1) is 0 Å². The molecule has 0 saturated heterocycles. The van der Waals surface area contributed by atoms with E-state index in [2.05, 4.69) is 30.8 Å². The van der Waals surface area contributed by atoms with Crippen LogP contribution in [0.1, 0.15) is 0 Å². The first-order valence-corrected chi connectivity index (χ1v) is 5.93. The van der Waals surface area contributed by atoms with E-state index in [4.69, 9.17) is 9.47 Å². The summed E-state index contributed by atoms with van der Waals surface area (Å²) in [5.41, 5.74) is 0.683. The van der Waals surface area contributed by atoms with Crippen LogP contribution in [-0.2, 0) is 9.47 Å². The monoisotopic (exact) mass is 266 g/mol. The fourth-order valence-electron chi connectivity index (χ4n) is 1.69. The van der Waals surface area contributed by atoms with Crippen LogP contribution in [0.15, 0.2) is 6.20 Å². The average molecular weight is 266 g/mol. The van der Waals surface area contributed by atoms with Crippen molar-refractivity contribution in [1.82, 2.24) is 20.2 Å². The molecule has 0 aliphatic heterocycles. The topological polar surface area (TPSA) is 97.0 Å². The summed E-state index contributed by atoms with van der Waals surface area (Å²) >= 11 is 0. The van der Waals surface area contributed by atoms with Crippen molar-refractivity contribution in [3.63, 3.8) is 0 Å². The second-order valence-electron chi connectivity index (χ2n) is 3.97. The lowest BCUT2D eigenvalue weighted by Crippen LogP contribution is -2.27. The van der Waals surface area contributed by atoms with Gasteiger partial charge in [0.25, 0.3) is 0 Å². The fourth-order valence-corrected chi connectivity index (χ4v) is 1.69. The Bertz CT molecular complexity index is 529. The highest BCUT2D eigenvalue weighted by Crippen LogP contribution is 2.19. The predicted octanol–water partition coefficient (Wildman–Crippen LogP) is 0.468. The van der Waals surface area contributed by atoms with Gasteiger partial charge >= 0.3 is 0 Å². The maximum absolute atomic E-state index is 5.29. The number of H-pyrrole nitrogens is 1. The van der Waals surface area contributed by atoms with E-state index >= 15 is 0 Å². The molecule has 0 aliphatic rings. The number of nitrogens with zero attached hydrogens (tertiary/aromatic N) is 3. The number of aromatic amines is 1. The second-order valence-corrected chi connectivity index (χ2v) is 3.97. The smallest absolute Gasteiger partial charge is 0.226 e. The zero-order valence-corrected chi connectivity index (χ0v) is 11.2. The van der Waals surface area contributed by atoms with Gasteiger partial charge in [-0.3, -0.25) is 5.10 Å². The van der Waals surface area contributed by atoms with E-state index in [9.17, 15) is 0 Å². The molecule has 2 heterocycles. The first kappa shape index (κ1) is 13.5. The maximum Gasteiger partial charge on any atom is 0.226 e. The van der Waals surface area contributed by atoms with Crippen molar-refractivity contribution >= 4 is 22.8 Å². The highest BCUT2D eigenvalue weighted by molar-refractivity contribution is 5.86. The van der Waals surface area contributed by atoms with Crippen LogP contribution in [0.5, 0.6) is 0 Å². The Morgan fingerprint density at radius 3 is 2.89 bits per heavy atom. The molecule has 2 aromatic rings. The molecule has 2 rings (SSSR count). The van der Waals surface area contributed by atoms with Gasteiger partial charge in [0.1, 0.15) is 5.82 Å². The van der Waals surface area contributed by atoms with E-state index < -0.39 is 0 Å². The van der Waals surface area contributed by atoms with E-state index in [-0.39, 0.29) is 6.10 Å². The zero-order chi connectivity index (χ0) is 13.7. The van der Waals surface area contributed by atoms with E-state index in [0.29, 0.717) is 30.6 Å². The fraction of sp³-hybridized carbons (Fsp3) is 0.545. The Morgan fingerprint density at radius 2 is 2.21 bits per heavy atom. The van der Waals surface area contributed by atoms with Gasteiger partial charge in [0, 0.05) is 27.8 Å². The zero-order valence-electron chi connectivity index (χ0n) is 11.2. The quantitative estimate of drug-likeness (QED) is 0.670. The van der Waals surface area contributed by atoms with Gasteiger partial charge in [-0.2, -0.15) is 15.1 Å². The third kappa shape index (κ3) is 3.09. The van der Waals surface area contributed by atoms with Crippen LogP contribution in [0.2, 0.25) is 0 Å². The predicted molar refractivity (Wildman–Crippen MR) is 72.4 cm³/mol. The van der Waals surface area contributed by atoms with E-state index in [0.717, 1.165) is 5.39 Å². The minimum absolute atomic E-state index is 0.0417. The Balaban J connectivity index is 2.16. The largest absolute Gasteiger partial charge is 0.382 e. The van der Waals surface area contributed by atoms with Gasteiger partial charge in [0.2, 0.25) is 5.95 Å². The molecule has 0 saturated carbocycles. The third-order valence-electron chi connectivity index (χ3n) is 2.72. The van der Waals surface area contributed by atoms with Crippen LogP contribution in [0.25, 0.3) is 11.0 Å². The Hall–Kier alpha value is -1.93. The number of rotatable bonds is 7. The lowest BCUT2D eigenvalue weighted by Gasteiger charge is -2.15. The van der Waals surface area contributed by atoms with Crippen LogP contribution in [0, 0.1) is 0 Å². The Kier molecular flexibility index (Phi) is 4.48. The molecule has 0 aliphatic carbocycles. The van der Waals surface area contributed by atoms with Gasteiger partial charge in [-0.05, 0) is 0 Å². The van der Waals surface area contributed by atoms with E-state index in [1.54, 1.807) is 27.5 Å². The molecule has 19 heavy (non-hydrogen) atoms. The molecule has 0 bridgehead atoms. The second kappa shape index (κ2) is 6.30. The van der Waals surface area contributed by atoms with Gasteiger partial charge in [-0.1, -0.05) is 0 Å². The summed E-state index contributed by atoms with van der Waals surface area (Å²) in [5, 5.41) is 13.8. The molecule has 104 valence electrons. The SMILES string of the molecule is CNc1nc(NCC(COC)OC)c2cn[nH]c2n1. The van der Waals surface area contributed by atoms with Crippen LogP contribution >= 0.6 is 0 Å². The first-order chi connectivity index (χ1) is 9.28. The molecule has 0 amide bonds. The van der Waals surface area contributed by atoms with Gasteiger partial charge in [0.05, 0.1) is 24.3 Å². The molecule has 0 aromatic carbocycles. The summed E-state index contributed by atoms with van der Waals surface area (Å²) in [7, 11) is 5.06. The summed E-state index contributed by atoms with van der Waals surface area (Å²) in [4.78, 5) is 8.63. The number of ether oxygens (including phenoxy) is 2. The molecule has 8 nitrogen and oxygen atoms in total. The van der Waals surface area contributed by atoms with Crippen LogP contribution in [0.3, 0.4) is 0 Å². The van der Waals surface area contributed by atoms with Crippen molar-refractivity contribution in [3.8, 4) is 0 Å². The average Bonchev–Trinajstić information content (AvgIpc) is 2.91. The molecule has 3 N–H and O–H groups in total. The summed E-state index contributed by atoms with van der Waals surface area (Å²) in [6.45, 7) is 1.10. The summed E-state index contributed by atoms with van der Waals surface area (Å²) in [5.74, 6) is 1.24. The highest BCUT2D eigenvalue weighted by Gasteiger charge is 2.11. The number of methoxy groups -OCH3 is 2. The third-order valence-corrected chi connectivity index (χ3v) is 2.72. The molecule has 0 fully saturated rings. The summed E-state index contributed by atoms with van der Waals surface area (Å²) in [6, 6.07) is 0. The summed E-state index contributed by atoms with van der Waals surface area (Å²) < 4.78 is 10.4. The van der Waals surface area contributed by atoms with Crippen molar-refractivity contribution in [2.75, 3.05) is 45.1 Å². The highest BCUT2D eigenvalue weighted by atomic mass is 16.5. The van der Waals surface area contributed by atoms with Crippen molar-refractivity contribution in [1.29, 1.82) is 0 Å². The van der Waals surface area contributed by atoms with Crippen molar-refractivity contribution < 1.29 is 9.47 Å². The molecular weight excluding hydrogens is 248 g/mol. The van der Waals surface area contributed by atoms with Crippen molar-refractivity contribution in [2.45, 2.75) is 6.10 Å². The normalized spacial score (nSPS) is 12.6. The van der Waals surface area contributed by atoms with E-state index in [1.807, 2.05) is 0 Å². The van der Waals surface area contributed by atoms with E-state index in [1.165, 1.54) is 0 Å². The summed E-state index contributed by atoms with van der Waals surface area (Å²) in [6.07, 6.45) is 1.65. The molecule has 1 atom stereocenters. The number of aromatic nitrogens is 4. The molecule has 2 aromatic heterocycles. The standard InChI is InChI=1S/C11H18N6O2/c1-12-11-15-9(8-5-14-17-10(8)16-11)13-4-7(19-3)6-18-2/h5,7H,4,6H2,1-3H3,(H3,12,13,14,15,16,17). The lowest BCUT2D eigenvalue weighted by molar-refractivity contribution is 0.0365. The van der Waals surface area contributed by atoms with Gasteiger partial charge in [0.15, 0.2) is 5.65 Å². The van der Waals surface area contributed by atoms with Gasteiger partial charge < -0.3 is 20.1 Å². The van der Waals surface area contributed by atoms with Crippen LogP contribution < -0.4 is 10.6 Å². The molecule has 0 spiro atoms. The number of hydrogen-bond acceptors (Lipinski definition) is 7. The maximum atomic E-state index is 5.29. The van der Waals surface area contributed by atoms with Gasteiger partial charge in [-0.25, -0.2) is 0 Å². The molecule has 1 unspecified atom stereocenters. The Morgan fingerprint density at radius 1 is 1.37 bits per heavy atom. The first-order valence-electron chi connectivity index (χ1n) is 5.93. The Labute approximate surface area is 110 Å². The molecule has 8 heteroatoms. The molecular formula is C11H18N6O2. The number of fused-ring (bicyclic) bond motifs is 1. The molecule has 0 radical (unpaired) electrons. The lowest BCUT2D eigenvalue weighted by atomic mass is 10.3. The minimum Gasteiger partial charge on any atom is -0.382 e. The number of hydrogen-bond donors (Lipinski definition) is 3. The minimum atomic E-state index is -0.0417. The van der Waals surface area contributed by atoms with Crippen molar-refractivity contribution in [3.05, 3.63) is 6.20 Å². The van der Waals surface area contributed by atoms with Crippen LogP contribution in [-0.4, -0.2) is 60.7 Å². The number of nitrogens with one attached hydrogen (secondary N) is 3.